The lowest BCUT2D eigenvalue weighted by molar-refractivity contribution is 0.669. The fourth-order valence-electron chi connectivity index (χ4n) is 11.1. The molecule has 0 aliphatic heterocycles. The molecular weight excluding hydrogens is 871 g/mol. The second kappa shape index (κ2) is 15.3. The lowest BCUT2D eigenvalue weighted by Crippen LogP contribution is -1.94. The van der Waals surface area contributed by atoms with Gasteiger partial charge in [0.05, 0.1) is 11.0 Å². The molecule has 0 bridgehead atoms. The molecule has 0 fully saturated rings. The van der Waals surface area contributed by atoms with Crippen molar-refractivity contribution in [2.45, 2.75) is 0 Å². The summed E-state index contributed by atoms with van der Waals surface area (Å²) in [4.78, 5) is 0. The molecule has 0 saturated heterocycles. The van der Waals surface area contributed by atoms with Crippen molar-refractivity contribution >= 4 is 97.2 Å². The highest BCUT2D eigenvalue weighted by Gasteiger charge is 2.18. The number of benzene rings is 11. The summed E-state index contributed by atoms with van der Waals surface area (Å²) < 4.78 is 17.9. The molecule has 0 N–H and O–H groups in total. The summed E-state index contributed by atoms with van der Waals surface area (Å²) >= 11 is 1.88. The Bertz CT molecular complexity index is 4350. The standard InChI is InChI=1S/C66H39NO2S/c1-4-19-61-51(10-1)54-16-7-13-48(64(54)68-61)42-26-22-40(23-27-42)45-32-36-59-57(38-45)58-39-46(41-24-28-43(29-25-41)49-14-8-17-55-52-11-2-5-20-62(52)69-65(49)55)33-37-60(58)67(59)47-34-30-44(31-35-47)50-15-9-18-56-53-12-3-6-21-63(53)70-66(50)56/h1-39H. The highest BCUT2D eigenvalue weighted by Crippen LogP contribution is 2.43. The zero-order valence-electron chi connectivity index (χ0n) is 37.7. The van der Waals surface area contributed by atoms with Crippen LogP contribution in [0.3, 0.4) is 0 Å². The van der Waals surface area contributed by atoms with Crippen LogP contribution in [0.4, 0.5) is 0 Å². The largest absolute Gasteiger partial charge is 0.455 e. The fraction of sp³-hybridized carbons (Fsp3) is 0. The van der Waals surface area contributed by atoms with Crippen molar-refractivity contribution in [1.82, 2.24) is 4.57 Å². The molecule has 0 saturated carbocycles. The van der Waals surface area contributed by atoms with Gasteiger partial charge in [-0.3, -0.25) is 0 Å². The van der Waals surface area contributed by atoms with Crippen LogP contribution in [0, 0.1) is 0 Å². The number of hydrogen-bond donors (Lipinski definition) is 0. The van der Waals surface area contributed by atoms with Crippen LogP contribution < -0.4 is 0 Å². The summed E-state index contributed by atoms with van der Waals surface area (Å²) in [7, 11) is 0. The van der Waals surface area contributed by atoms with Gasteiger partial charge in [0.25, 0.3) is 0 Å². The highest BCUT2D eigenvalue weighted by atomic mass is 32.1. The van der Waals surface area contributed by atoms with E-state index in [1.54, 1.807) is 0 Å². The number of hydrogen-bond acceptors (Lipinski definition) is 3. The molecule has 11 aromatic carbocycles. The van der Waals surface area contributed by atoms with Crippen molar-refractivity contribution < 1.29 is 8.83 Å². The smallest absolute Gasteiger partial charge is 0.143 e. The molecule has 0 spiro atoms. The molecule has 0 atom stereocenters. The van der Waals surface area contributed by atoms with E-state index in [1.807, 2.05) is 35.6 Å². The van der Waals surface area contributed by atoms with E-state index >= 15 is 0 Å². The molecule has 0 aliphatic rings. The molecule has 0 radical (unpaired) electrons. The summed E-state index contributed by atoms with van der Waals surface area (Å²) in [5, 5.41) is 9.60. The van der Waals surface area contributed by atoms with Crippen LogP contribution in [0.1, 0.15) is 0 Å². The van der Waals surface area contributed by atoms with Crippen molar-refractivity contribution in [3.8, 4) is 61.3 Å². The molecule has 4 heterocycles. The van der Waals surface area contributed by atoms with Crippen molar-refractivity contribution in [1.29, 1.82) is 0 Å². The van der Waals surface area contributed by atoms with Gasteiger partial charge in [0.1, 0.15) is 22.3 Å². The van der Waals surface area contributed by atoms with Crippen LogP contribution >= 0.6 is 11.3 Å². The van der Waals surface area contributed by atoms with Crippen molar-refractivity contribution in [2.75, 3.05) is 0 Å². The van der Waals surface area contributed by atoms with Gasteiger partial charge in [0, 0.05) is 69.3 Å². The molecule has 3 nitrogen and oxygen atoms in total. The van der Waals surface area contributed by atoms with Gasteiger partial charge in [-0.05, 0) is 99.1 Å². The highest BCUT2D eigenvalue weighted by molar-refractivity contribution is 7.26. The summed E-state index contributed by atoms with van der Waals surface area (Å²) in [6.07, 6.45) is 0. The molecule has 4 aromatic heterocycles. The van der Waals surface area contributed by atoms with E-state index in [-0.39, 0.29) is 0 Å². The number of para-hydroxylation sites is 4. The number of aromatic nitrogens is 1. The van der Waals surface area contributed by atoms with Gasteiger partial charge in [-0.1, -0.05) is 182 Å². The molecule has 326 valence electrons. The number of fused-ring (bicyclic) bond motifs is 12. The average Bonchev–Trinajstić information content (AvgIpc) is 4.20. The normalized spacial score (nSPS) is 12.0. The Hall–Kier alpha value is -8.96. The van der Waals surface area contributed by atoms with E-state index in [2.05, 4.69) is 217 Å². The lowest BCUT2D eigenvalue weighted by Gasteiger charge is -2.11. The Morgan fingerprint density at radius 1 is 0.286 bits per heavy atom. The Balaban J connectivity index is 0.842. The SMILES string of the molecule is c1ccc2c(c1)oc1c(-c3ccc(-c4ccc5c(c4)c4cc(-c6ccc(-c7cccc8c7oc7ccccc78)cc6)ccc4n5-c4ccc(-c5cccc6c5sc5ccccc56)cc4)cc3)cccc12. The molecular formula is C66H39NO2S. The second-order valence-electron chi connectivity index (χ2n) is 18.3. The topological polar surface area (TPSA) is 31.2 Å². The third kappa shape index (κ3) is 6.00. The first kappa shape index (κ1) is 39.1. The maximum atomic E-state index is 6.43. The van der Waals surface area contributed by atoms with Crippen LogP contribution in [0.5, 0.6) is 0 Å². The Morgan fingerprint density at radius 3 is 1.26 bits per heavy atom. The van der Waals surface area contributed by atoms with E-state index in [0.717, 1.165) is 94.0 Å². The first-order valence-electron chi connectivity index (χ1n) is 23.8. The predicted octanol–water partition coefficient (Wildman–Crippen LogP) is 19.3. The van der Waals surface area contributed by atoms with E-state index in [4.69, 9.17) is 8.83 Å². The average molecular weight is 910 g/mol. The summed E-state index contributed by atoms with van der Waals surface area (Å²) in [5.74, 6) is 0. The first-order chi connectivity index (χ1) is 34.7. The Kier molecular flexibility index (Phi) is 8.53. The molecule has 0 unspecified atom stereocenters. The Morgan fingerprint density at radius 2 is 0.700 bits per heavy atom. The minimum absolute atomic E-state index is 0.909. The van der Waals surface area contributed by atoms with Crippen LogP contribution in [-0.4, -0.2) is 4.57 Å². The van der Waals surface area contributed by atoms with Crippen LogP contribution in [-0.2, 0) is 0 Å². The van der Waals surface area contributed by atoms with E-state index < -0.39 is 0 Å². The quantitative estimate of drug-likeness (QED) is 0.166. The Labute approximate surface area is 406 Å². The zero-order chi connectivity index (χ0) is 45.9. The summed E-state index contributed by atoms with van der Waals surface area (Å²) in [6, 6.07) is 85.7. The molecule has 15 rings (SSSR count). The fourth-order valence-corrected chi connectivity index (χ4v) is 12.3. The number of rotatable bonds is 6. The van der Waals surface area contributed by atoms with E-state index in [0.29, 0.717) is 0 Å². The molecule has 4 heteroatoms. The molecule has 15 aromatic rings. The predicted molar refractivity (Wildman–Crippen MR) is 295 cm³/mol. The zero-order valence-corrected chi connectivity index (χ0v) is 38.5. The van der Waals surface area contributed by atoms with Gasteiger partial charge in [-0.25, -0.2) is 0 Å². The van der Waals surface area contributed by atoms with Crippen molar-refractivity contribution in [3.63, 3.8) is 0 Å². The molecule has 0 aliphatic carbocycles. The van der Waals surface area contributed by atoms with Gasteiger partial charge >= 0.3 is 0 Å². The van der Waals surface area contributed by atoms with Crippen molar-refractivity contribution in [2.24, 2.45) is 0 Å². The minimum Gasteiger partial charge on any atom is -0.455 e. The lowest BCUT2D eigenvalue weighted by atomic mass is 9.97. The van der Waals surface area contributed by atoms with Crippen molar-refractivity contribution in [3.05, 3.63) is 237 Å². The number of thiophene rings is 1. The number of furan rings is 2. The first-order valence-corrected chi connectivity index (χ1v) is 24.6. The minimum atomic E-state index is 0.909. The van der Waals surface area contributed by atoms with Gasteiger partial charge in [-0.15, -0.1) is 11.3 Å². The van der Waals surface area contributed by atoms with E-state index in [1.165, 1.54) is 53.2 Å². The third-order valence-electron chi connectivity index (χ3n) is 14.5. The second-order valence-corrected chi connectivity index (χ2v) is 19.4. The third-order valence-corrected chi connectivity index (χ3v) is 15.7. The molecule has 70 heavy (non-hydrogen) atoms. The van der Waals surface area contributed by atoms with E-state index in [9.17, 15) is 0 Å². The molecule has 0 amide bonds. The van der Waals surface area contributed by atoms with Gasteiger partial charge in [0.2, 0.25) is 0 Å². The number of nitrogens with zero attached hydrogens (tertiary/aromatic N) is 1. The summed E-state index contributed by atoms with van der Waals surface area (Å²) in [5.41, 5.74) is 18.7. The van der Waals surface area contributed by atoms with Crippen LogP contribution in [0.15, 0.2) is 245 Å². The maximum absolute atomic E-state index is 6.43. The van der Waals surface area contributed by atoms with Crippen LogP contribution in [0.25, 0.3) is 147 Å². The summed E-state index contributed by atoms with van der Waals surface area (Å²) in [6.45, 7) is 0. The maximum Gasteiger partial charge on any atom is 0.143 e. The van der Waals surface area contributed by atoms with Gasteiger partial charge in [0.15, 0.2) is 0 Å². The monoisotopic (exact) mass is 909 g/mol. The van der Waals surface area contributed by atoms with Gasteiger partial charge < -0.3 is 13.4 Å². The van der Waals surface area contributed by atoms with Gasteiger partial charge in [-0.2, -0.15) is 0 Å². The van der Waals surface area contributed by atoms with Crippen LogP contribution in [0.2, 0.25) is 0 Å².